The number of rotatable bonds is 8. The number of ether oxygens (including phenoxy) is 1. The average Bonchev–Trinajstić information content (AvgIpc) is 2.84. The van der Waals surface area contributed by atoms with Crippen molar-refractivity contribution in [2.75, 3.05) is 0 Å². The molecule has 1 aromatic heterocycles. The molecule has 3 aromatic rings. The fourth-order valence-electron chi connectivity index (χ4n) is 4.20. The number of nitrogens with one attached hydrogen (secondary N) is 1. The predicted molar refractivity (Wildman–Crippen MR) is 123 cm³/mol. The fraction of sp³-hybridized carbons (Fsp3) is 0.333. The quantitative estimate of drug-likeness (QED) is 0.534. The molecule has 1 heterocycles. The van der Waals surface area contributed by atoms with Crippen LogP contribution in [0.3, 0.4) is 0 Å². The summed E-state index contributed by atoms with van der Waals surface area (Å²) in [5.74, 6) is 1.41. The minimum Gasteiger partial charge on any atom is -0.487 e. The SMILES string of the molecule is O=C(CCc1ccccc1)N[C@H]1CC[C@H](c2ccc(OCc3ccccc3)cn2)CC1. The summed E-state index contributed by atoms with van der Waals surface area (Å²) in [6.45, 7) is 0.553. The molecular formula is C27H30N2O2. The highest BCUT2D eigenvalue weighted by atomic mass is 16.5. The van der Waals surface area contributed by atoms with Gasteiger partial charge in [0.1, 0.15) is 12.4 Å². The molecule has 0 aliphatic heterocycles. The molecule has 4 rings (SSSR count). The molecule has 1 saturated carbocycles. The fourth-order valence-corrected chi connectivity index (χ4v) is 4.20. The van der Waals surface area contributed by atoms with E-state index in [0.717, 1.165) is 49.1 Å². The van der Waals surface area contributed by atoms with E-state index in [4.69, 9.17) is 4.74 Å². The summed E-state index contributed by atoms with van der Waals surface area (Å²) in [4.78, 5) is 17.0. The summed E-state index contributed by atoms with van der Waals surface area (Å²) >= 11 is 0. The molecule has 0 bridgehead atoms. The van der Waals surface area contributed by atoms with Gasteiger partial charge in [-0.05, 0) is 55.4 Å². The first-order chi connectivity index (χ1) is 15.3. The van der Waals surface area contributed by atoms with Crippen LogP contribution in [0.4, 0.5) is 0 Å². The third-order valence-corrected chi connectivity index (χ3v) is 6.00. The van der Waals surface area contributed by atoms with Crippen LogP contribution in [0, 0.1) is 0 Å². The van der Waals surface area contributed by atoms with Crippen molar-refractivity contribution >= 4 is 5.91 Å². The van der Waals surface area contributed by atoms with E-state index in [1.807, 2.05) is 48.7 Å². The van der Waals surface area contributed by atoms with Gasteiger partial charge in [-0.25, -0.2) is 0 Å². The van der Waals surface area contributed by atoms with Crippen LogP contribution in [-0.4, -0.2) is 16.9 Å². The normalized spacial score (nSPS) is 18.3. The smallest absolute Gasteiger partial charge is 0.220 e. The molecule has 1 amide bonds. The molecule has 4 nitrogen and oxygen atoms in total. The molecule has 1 N–H and O–H groups in total. The largest absolute Gasteiger partial charge is 0.487 e. The van der Waals surface area contributed by atoms with Gasteiger partial charge >= 0.3 is 0 Å². The second-order valence-corrected chi connectivity index (χ2v) is 8.29. The van der Waals surface area contributed by atoms with Crippen LogP contribution in [0.1, 0.15) is 54.8 Å². The summed E-state index contributed by atoms with van der Waals surface area (Å²) in [6, 6.07) is 24.7. The maximum absolute atomic E-state index is 12.3. The van der Waals surface area contributed by atoms with E-state index in [-0.39, 0.29) is 11.9 Å². The average molecular weight is 415 g/mol. The molecule has 31 heavy (non-hydrogen) atoms. The molecule has 1 fully saturated rings. The van der Waals surface area contributed by atoms with Crippen LogP contribution in [0.15, 0.2) is 79.0 Å². The van der Waals surface area contributed by atoms with Gasteiger partial charge in [-0.1, -0.05) is 60.7 Å². The van der Waals surface area contributed by atoms with Crippen LogP contribution < -0.4 is 10.1 Å². The zero-order valence-corrected chi connectivity index (χ0v) is 17.9. The van der Waals surface area contributed by atoms with Gasteiger partial charge in [0.05, 0.1) is 6.20 Å². The van der Waals surface area contributed by atoms with Crippen molar-refractivity contribution < 1.29 is 9.53 Å². The number of pyridine rings is 1. The molecule has 4 heteroatoms. The first-order valence-electron chi connectivity index (χ1n) is 11.2. The van der Waals surface area contributed by atoms with Crippen molar-refractivity contribution in [3.63, 3.8) is 0 Å². The highest BCUT2D eigenvalue weighted by Gasteiger charge is 2.24. The van der Waals surface area contributed by atoms with Crippen molar-refractivity contribution in [2.24, 2.45) is 0 Å². The lowest BCUT2D eigenvalue weighted by Gasteiger charge is -2.29. The number of aromatic nitrogens is 1. The predicted octanol–water partition coefficient (Wildman–Crippen LogP) is 5.44. The lowest BCUT2D eigenvalue weighted by Crippen LogP contribution is -2.37. The number of amides is 1. The minimum absolute atomic E-state index is 0.158. The molecule has 0 saturated heterocycles. The highest BCUT2D eigenvalue weighted by molar-refractivity contribution is 5.76. The second-order valence-electron chi connectivity index (χ2n) is 8.29. The van der Waals surface area contributed by atoms with E-state index in [0.29, 0.717) is 18.9 Å². The van der Waals surface area contributed by atoms with Crippen molar-refractivity contribution in [2.45, 2.75) is 57.1 Å². The Hall–Kier alpha value is -3.14. The highest BCUT2D eigenvalue weighted by Crippen LogP contribution is 2.32. The van der Waals surface area contributed by atoms with Gasteiger partial charge in [0.2, 0.25) is 5.91 Å². The monoisotopic (exact) mass is 414 g/mol. The Morgan fingerprint density at radius 2 is 1.55 bits per heavy atom. The van der Waals surface area contributed by atoms with Gasteiger partial charge in [0.15, 0.2) is 0 Å². The number of carbonyl (C=O) groups excluding carboxylic acids is 1. The van der Waals surface area contributed by atoms with Gasteiger partial charge in [0, 0.05) is 24.1 Å². The molecule has 160 valence electrons. The molecule has 0 radical (unpaired) electrons. The number of benzene rings is 2. The van der Waals surface area contributed by atoms with E-state index in [1.54, 1.807) is 0 Å². The summed E-state index contributed by atoms with van der Waals surface area (Å²) in [5, 5.41) is 3.22. The van der Waals surface area contributed by atoms with Gasteiger partial charge < -0.3 is 10.1 Å². The Labute approximate surface area is 184 Å². The minimum atomic E-state index is 0.158. The Bertz CT molecular complexity index is 934. The maximum Gasteiger partial charge on any atom is 0.220 e. The van der Waals surface area contributed by atoms with Crippen LogP contribution in [0.2, 0.25) is 0 Å². The van der Waals surface area contributed by atoms with Crippen LogP contribution >= 0.6 is 0 Å². The van der Waals surface area contributed by atoms with Crippen LogP contribution in [0.25, 0.3) is 0 Å². The molecule has 1 aliphatic rings. The Morgan fingerprint density at radius 1 is 0.871 bits per heavy atom. The summed E-state index contributed by atoms with van der Waals surface area (Å²) in [7, 11) is 0. The Morgan fingerprint density at radius 3 is 2.19 bits per heavy atom. The zero-order chi connectivity index (χ0) is 21.3. The summed E-state index contributed by atoms with van der Waals surface area (Å²) in [6.07, 6.45) is 7.31. The van der Waals surface area contributed by atoms with E-state index in [2.05, 4.69) is 40.6 Å². The molecule has 2 aromatic carbocycles. The first-order valence-corrected chi connectivity index (χ1v) is 11.2. The lowest BCUT2D eigenvalue weighted by atomic mass is 9.84. The topological polar surface area (TPSA) is 51.2 Å². The Balaban J connectivity index is 1.19. The van der Waals surface area contributed by atoms with E-state index < -0.39 is 0 Å². The number of carbonyl (C=O) groups is 1. The van der Waals surface area contributed by atoms with Crippen molar-refractivity contribution in [1.82, 2.24) is 10.3 Å². The van der Waals surface area contributed by atoms with Crippen molar-refractivity contribution in [3.8, 4) is 5.75 Å². The van der Waals surface area contributed by atoms with E-state index in [1.165, 1.54) is 5.56 Å². The van der Waals surface area contributed by atoms with Crippen molar-refractivity contribution in [3.05, 3.63) is 95.8 Å². The van der Waals surface area contributed by atoms with E-state index >= 15 is 0 Å². The summed E-state index contributed by atoms with van der Waals surface area (Å²) in [5.41, 5.74) is 3.49. The second kappa shape index (κ2) is 10.8. The lowest BCUT2D eigenvalue weighted by molar-refractivity contribution is -0.122. The zero-order valence-electron chi connectivity index (χ0n) is 17.9. The third kappa shape index (κ3) is 6.42. The van der Waals surface area contributed by atoms with Crippen LogP contribution in [-0.2, 0) is 17.8 Å². The van der Waals surface area contributed by atoms with Gasteiger partial charge in [0.25, 0.3) is 0 Å². The summed E-state index contributed by atoms with van der Waals surface area (Å²) < 4.78 is 5.84. The number of hydrogen-bond donors (Lipinski definition) is 1. The molecule has 0 spiro atoms. The third-order valence-electron chi connectivity index (χ3n) is 6.00. The number of hydrogen-bond acceptors (Lipinski definition) is 3. The number of aryl methyl sites for hydroxylation is 1. The number of nitrogens with zero attached hydrogens (tertiary/aromatic N) is 1. The first kappa shape index (κ1) is 21.1. The van der Waals surface area contributed by atoms with E-state index in [9.17, 15) is 4.79 Å². The standard InChI is InChI=1S/C27H30N2O2/c30-27(18-11-21-7-3-1-4-8-21)29-24-14-12-23(13-15-24)26-17-16-25(19-28-26)31-20-22-9-5-2-6-10-22/h1-10,16-17,19,23-24H,11-15,18,20H2,(H,29,30)/t23-,24-. The van der Waals surface area contributed by atoms with Gasteiger partial charge in [-0.15, -0.1) is 0 Å². The maximum atomic E-state index is 12.3. The molecule has 0 atom stereocenters. The van der Waals surface area contributed by atoms with Gasteiger partial charge in [-0.3, -0.25) is 9.78 Å². The Kier molecular flexibility index (Phi) is 7.32. The molecule has 0 unspecified atom stereocenters. The van der Waals surface area contributed by atoms with Crippen molar-refractivity contribution in [1.29, 1.82) is 0 Å². The molecular weight excluding hydrogens is 384 g/mol. The molecule has 1 aliphatic carbocycles. The van der Waals surface area contributed by atoms with Crippen LogP contribution in [0.5, 0.6) is 5.75 Å². The van der Waals surface area contributed by atoms with Gasteiger partial charge in [-0.2, -0.15) is 0 Å².